The summed E-state index contributed by atoms with van der Waals surface area (Å²) in [4.78, 5) is 0. The number of benzene rings is 2. The Morgan fingerprint density at radius 2 is 1.84 bits per heavy atom. The van der Waals surface area contributed by atoms with Crippen molar-refractivity contribution in [2.75, 3.05) is 0 Å². The van der Waals surface area contributed by atoms with Gasteiger partial charge in [-0.2, -0.15) is 0 Å². The standard InChI is InChI=1S/C17H17BrO/c1-11-3-5-13(6-4-11)9-15-10-14-7-12(2)8-16(18)17(14)19-15/h3-8,15H,9-10H2,1-2H3. The zero-order valence-corrected chi connectivity index (χ0v) is 12.8. The molecule has 1 unspecified atom stereocenters. The van der Waals surface area contributed by atoms with Gasteiger partial charge in [-0.05, 0) is 52.5 Å². The van der Waals surface area contributed by atoms with Crippen LogP contribution in [0.25, 0.3) is 0 Å². The molecule has 1 heterocycles. The highest BCUT2D eigenvalue weighted by atomic mass is 79.9. The van der Waals surface area contributed by atoms with Crippen LogP contribution < -0.4 is 4.74 Å². The number of ether oxygens (including phenoxy) is 1. The molecule has 0 fully saturated rings. The van der Waals surface area contributed by atoms with Crippen LogP contribution in [0.15, 0.2) is 40.9 Å². The summed E-state index contributed by atoms with van der Waals surface area (Å²) in [6.07, 6.45) is 2.24. The molecule has 19 heavy (non-hydrogen) atoms. The Bertz CT molecular complexity index is 601. The summed E-state index contributed by atoms with van der Waals surface area (Å²) in [5, 5.41) is 0. The summed E-state index contributed by atoms with van der Waals surface area (Å²) < 4.78 is 7.16. The molecule has 0 amide bonds. The molecule has 0 radical (unpaired) electrons. The summed E-state index contributed by atoms with van der Waals surface area (Å²) in [6, 6.07) is 13.1. The van der Waals surface area contributed by atoms with E-state index in [0.29, 0.717) is 0 Å². The molecule has 3 rings (SSSR count). The fourth-order valence-corrected chi connectivity index (χ4v) is 3.35. The normalized spacial score (nSPS) is 17.1. The smallest absolute Gasteiger partial charge is 0.137 e. The van der Waals surface area contributed by atoms with Crippen molar-refractivity contribution in [3.05, 3.63) is 63.1 Å². The third kappa shape index (κ3) is 2.69. The second-order valence-corrected chi connectivity index (χ2v) is 6.22. The molecule has 2 heteroatoms. The average molecular weight is 317 g/mol. The highest BCUT2D eigenvalue weighted by Gasteiger charge is 2.25. The van der Waals surface area contributed by atoms with Gasteiger partial charge >= 0.3 is 0 Å². The van der Waals surface area contributed by atoms with E-state index >= 15 is 0 Å². The number of hydrogen-bond acceptors (Lipinski definition) is 1. The lowest BCUT2D eigenvalue weighted by Crippen LogP contribution is -2.16. The van der Waals surface area contributed by atoms with Crippen LogP contribution in [0.5, 0.6) is 5.75 Å². The molecule has 1 aliphatic heterocycles. The molecule has 2 aromatic rings. The number of aryl methyl sites for hydroxylation is 2. The summed E-state index contributed by atoms with van der Waals surface area (Å²) in [5.41, 5.74) is 5.25. The first kappa shape index (κ1) is 12.7. The Balaban J connectivity index is 1.77. The first-order chi connectivity index (χ1) is 9.11. The van der Waals surface area contributed by atoms with Gasteiger partial charge < -0.3 is 4.74 Å². The first-order valence-corrected chi connectivity index (χ1v) is 7.42. The van der Waals surface area contributed by atoms with Crippen LogP contribution in [-0.2, 0) is 12.8 Å². The van der Waals surface area contributed by atoms with Crippen LogP contribution in [0.4, 0.5) is 0 Å². The summed E-state index contributed by atoms with van der Waals surface area (Å²) in [7, 11) is 0. The summed E-state index contributed by atoms with van der Waals surface area (Å²) >= 11 is 3.60. The van der Waals surface area contributed by atoms with Gasteiger partial charge in [-0.3, -0.25) is 0 Å². The van der Waals surface area contributed by atoms with Gasteiger partial charge in [0, 0.05) is 12.8 Å². The first-order valence-electron chi connectivity index (χ1n) is 6.63. The van der Waals surface area contributed by atoms with E-state index in [1.165, 1.54) is 22.3 Å². The molecular formula is C17H17BrO. The van der Waals surface area contributed by atoms with E-state index in [0.717, 1.165) is 23.1 Å². The zero-order chi connectivity index (χ0) is 13.4. The van der Waals surface area contributed by atoms with E-state index in [-0.39, 0.29) is 6.10 Å². The number of halogens is 1. The van der Waals surface area contributed by atoms with Crippen molar-refractivity contribution in [3.8, 4) is 5.75 Å². The second-order valence-electron chi connectivity index (χ2n) is 5.37. The molecule has 1 aliphatic rings. The Morgan fingerprint density at radius 1 is 1.11 bits per heavy atom. The fraction of sp³-hybridized carbons (Fsp3) is 0.294. The lowest BCUT2D eigenvalue weighted by atomic mass is 10.0. The van der Waals surface area contributed by atoms with E-state index in [2.05, 4.69) is 66.2 Å². The van der Waals surface area contributed by atoms with Gasteiger partial charge in [0.1, 0.15) is 11.9 Å². The number of hydrogen-bond donors (Lipinski definition) is 0. The quantitative estimate of drug-likeness (QED) is 0.786. The molecular weight excluding hydrogens is 300 g/mol. The Kier molecular flexibility index (Phi) is 3.36. The Hall–Kier alpha value is -1.28. The number of fused-ring (bicyclic) bond motifs is 1. The van der Waals surface area contributed by atoms with Gasteiger partial charge in [0.05, 0.1) is 4.47 Å². The molecule has 1 atom stereocenters. The van der Waals surface area contributed by atoms with Crippen LogP contribution in [0.2, 0.25) is 0 Å². The van der Waals surface area contributed by atoms with Crippen molar-refractivity contribution in [2.24, 2.45) is 0 Å². The van der Waals surface area contributed by atoms with Crippen LogP contribution in [0.3, 0.4) is 0 Å². The summed E-state index contributed by atoms with van der Waals surface area (Å²) in [5.74, 6) is 1.03. The van der Waals surface area contributed by atoms with Crippen molar-refractivity contribution < 1.29 is 4.74 Å². The monoisotopic (exact) mass is 316 g/mol. The van der Waals surface area contributed by atoms with E-state index < -0.39 is 0 Å². The van der Waals surface area contributed by atoms with Gasteiger partial charge in [0.2, 0.25) is 0 Å². The maximum absolute atomic E-state index is 6.08. The van der Waals surface area contributed by atoms with Crippen molar-refractivity contribution in [1.82, 2.24) is 0 Å². The van der Waals surface area contributed by atoms with Crippen LogP contribution in [-0.4, -0.2) is 6.10 Å². The van der Waals surface area contributed by atoms with E-state index in [9.17, 15) is 0 Å². The molecule has 0 bridgehead atoms. The largest absolute Gasteiger partial charge is 0.488 e. The Morgan fingerprint density at radius 3 is 2.58 bits per heavy atom. The minimum absolute atomic E-state index is 0.260. The van der Waals surface area contributed by atoms with Gasteiger partial charge in [-0.1, -0.05) is 35.9 Å². The molecule has 98 valence electrons. The highest BCUT2D eigenvalue weighted by Crippen LogP contribution is 2.37. The third-order valence-corrected chi connectivity index (χ3v) is 4.17. The molecule has 2 aromatic carbocycles. The molecule has 1 nitrogen and oxygen atoms in total. The molecule has 0 saturated carbocycles. The van der Waals surface area contributed by atoms with Crippen molar-refractivity contribution >= 4 is 15.9 Å². The molecule has 0 spiro atoms. The van der Waals surface area contributed by atoms with Crippen molar-refractivity contribution in [1.29, 1.82) is 0 Å². The minimum atomic E-state index is 0.260. The predicted octanol–water partition coefficient (Wildman–Crippen LogP) is 4.61. The van der Waals surface area contributed by atoms with Crippen LogP contribution >= 0.6 is 15.9 Å². The molecule has 0 aliphatic carbocycles. The Labute approximate surface area is 122 Å². The predicted molar refractivity (Wildman–Crippen MR) is 81.9 cm³/mol. The van der Waals surface area contributed by atoms with Gasteiger partial charge in [0.15, 0.2) is 0 Å². The van der Waals surface area contributed by atoms with E-state index in [1.54, 1.807) is 0 Å². The van der Waals surface area contributed by atoms with Crippen molar-refractivity contribution in [3.63, 3.8) is 0 Å². The zero-order valence-electron chi connectivity index (χ0n) is 11.2. The topological polar surface area (TPSA) is 9.23 Å². The van der Waals surface area contributed by atoms with Gasteiger partial charge in [-0.25, -0.2) is 0 Å². The van der Waals surface area contributed by atoms with E-state index in [1.807, 2.05) is 0 Å². The third-order valence-electron chi connectivity index (χ3n) is 3.58. The SMILES string of the molecule is Cc1ccc(CC2Cc3cc(C)cc(Br)c3O2)cc1. The molecule has 0 N–H and O–H groups in total. The van der Waals surface area contributed by atoms with Crippen LogP contribution in [0.1, 0.15) is 22.3 Å². The fourth-order valence-electron chi connectivity index (χ4n) is 2.64. The molecule has 0 saturated heterocycles. The maximum atomic E-state index is 6.08. The van der Waals surface area contributed by atoms with Crippen LogP contribution in [0, 0.1) is 13.8 Å². The maximum Gasteiger partial charge on any atom is 0.137 e. The lowest BCUT2D eigenvalue weighted by Gasteiger charge is -2.11. The van der Waals surface area contributed by atoms with Crippen molar-refractivity contribution in [2.45, 2.75) is 32.8 Å². The molecule has 0 aromatic heterocycles. The summed E-state index contributed by atoms with van der Waals surface area (Å²) in [6.45, 7) is 4.24. The average Bonchev–Trinajstić information content (AvgIpc) is 2.75. The minimum Gasteiger partial charge on any atom is -0.488 e. The lowest BCUT2D eigenvalue weighted by molar-refractivity contribution is 0.232. The highest BCUT2D eigenvalue weighted by molar-refractivity contribution is 9.10. The van der Waals surface area contributed by atoms with Gasteiger partial charge in [0.25, 0.3) is 0 Å². The van der Waals surface area contributed by atoms with E-state index in [4.69, 9.17) is 4.74 Å². The second kappa shape index (κ2) is 5.01. The van der Waals surface area contributed by atoms with Gasteiger partial charge in [-0.15, -0.1) is 0 Å². The number of rotatable bonds is 2.